The number of hydrogen-bond acceptors (Lipinski definition) is 2. The van der Waals surface area contributed by atoms with Crippen molar-refractivity contribution in [2.24, 2.45) is 4.99 Å². The van der Waals surface area contributed by atoms with Crippen LogP contribution in [0, 0.1) is 0 Å². The van der Waals surface area contributed by atoms with Crippen molar-refractivity contribution in [2.45, 2.75) is 12.5 Å². The topological polar surface area (TPSA) is 24.4 Å². The summed E-state index contributed by atoms with van der Waals surface area (Å²) in [5, 5.41) is 3.68. The minimum atomic E-state index is 0.175. The zero-order chi connectivity index (χ0) is 17.2. The molecule has 0 aromatic heterocycles. The van der Waals surface area contributed by atoms with E-state index in [4.69, 9.17) is 4.99 Å². The number of nitrogens with zero attached hydrogens (tertiary/aromatic N) is 1. The van der Waals surface area contributed by atoms with Gasteiger partial charge in [-0.25, -0.2) is 0 Å². The first-order valence-electron chi connectivity index (χ1n) is 8.14. The minimum absolute atomic E-state index is 0.175. The van der Waals surface area contributed by atoms with Crippen LogP contribution < -0.4 is 5.32 Å². The summed E-state index contributed by atoms with van der Waals surface area (Å²) in [7, 11) is 0. The molecular formula is C21H16Br2N2. The molecule has 1 heterocycles. The Bertz CT molecular complexity index is 921. The molecule has 25 heavy (non-hydrogen) atoms. The number of fused-ring (bicyclic) bond motifs is 1. The Morgan fingerprint density at radius 1 is 0.840 bits per heavy atom. The van der Waals surface area contributed by atoms with Gasteiger partial charge < -0.3 is 5.32 Å². The third-order valence-electron chi connectivity index (χ3n) is 4.33. The van der Waals surface area contributed by atoms with E-state index in [2.05, 4.69) is 97.8 Å². The molecule has 3 aromatic rings. The highest BCUT2D eigenvalue weighted by Crippen LogP contribution is 2.40. The number of rotatable bonds is 2. The van der Waals surface area contributed by atoms with E-state index in [1.165, 1.54) is 5.56 Å². The maximum absolute atomic E-state index is 4.99. The van der Waals surface area contributed by atoms with Crippen LogP contribution in [-0.2, 0) is 0 Å². The number of anilines is 1. The molecule has 0 radical (unpaired) electrons. The second-order valence-electron chi connectivity index (χ2n) is 6.02. The Balaban J connectivity index is 1.85. The van der Waals surface area contributed by atoms with Gasteiger partial charge in [0.1, 0.15) is 0 Å². The molecule has 4 heteroatoms. The molecule has 2 nitrogen and oxygen atoms in total. The standard InChI is InChI=1S/C21H16Br2N2/c22-16-11-20-21(12-17(16)23)25-19(15-9-5-2-6-10-15)13-18(24-20)14-7-3-1-4-8-14/h1-12,18,24H,13H2. The molecule has 3 aromatic carbocycles. The molecule has 0 aliphatic carbocycles. The minimum Gasteiger partial charge on any atom is -0.376 e. The van der Waals surface area contributed by atoms with Crippen molar-refractivity contribution < 1.29 is 0 Å². The molecule has 1 aliphatic heterocycles. The highest BCUT2D eigenvalue weighted by molar-refractivity contribution is 9.13. The summed E-state index contributed by atoms with van der Waals surface area (Å²) in [4.78, 5) is 4.99. The van der Waals surface area contributed by atoms with Gasteiger partial charge in [-0.3, -0.25) is 4.99 Å². The average Bonchev–Trinajstić information content (AvgIpc) is 2.83. The van der Waals surface area contributed by atoms with E-state index >= 15 is 0 Å². The maximum Gasteiger partial charge on any atom is 0.0876 e. The fourth-order valence-corrected chi connectivity index (χ4v) is 3.74. The zero-order valence-corrected chi connectivity index (χ0v) is 16.6. The highest BCUT2D eigenvalue weighted by atomic mass is 79.9. The lowest BCUT2D eigenvalue weighted by Gasteiger charge is -2.19. The van der Waals surface area contributed by atoms with E-state index in [9.17, 15) is 0 Å². The van der Waals surface area contributed by atoms with Gasteiger partial charge in [0.25, 0.3) is 0 Å². The Kier molecular flexibility index (Phi) is 4.73. The van der Waals surface area contributed by atoms with E-state index < -0.39 is 0 Å². The molecule has 1 N–H and O–H groups in total. The molecule has 1 atom stereocenters. The van der Waals surface area contributed by atoms with Gasteiger partial charge in [-0.15, -0.1) is 0 Å². The normalized spacial score (nSPS) is 16.4. The second-order valence-corrected chi connectivity index (χ2v) is 7.73. The van der Waals surface area contributed by atoms with Gasteiger partial charge >= 0.3 is 0 Å². The van der Waals surface area contributed by atoms with Crippen LogP contribution in [0.15, 0.2) is 86.7 Å². The van der Waals surface area contributed by atoms with Crippen molar-refractivity contribution in [3.8, 4) is 0 Å². The summed E-state index contributed by atoms with van der Waals surface area (Å²) in [6.07, 6.45) is 0.831. The van der Waals surface area contributed by atoms with Crippen molar-refractivity contribution in [1.29, 1.82) is 0 Å². The van der Waals surface area contributed by atoms with Crippen LogP contribution in [-0.4, -0.2) is 5.71 Å². The molecule has 124 valence electrons. The van der Waals surface area contributed by atoms with Gasteiger partial charge in [0, 0.05) is 15.4 Å². The monoisotopic (exact) mass is 454 g/mol. The van der Waals surface area contributed by atoms with Crippen LogP contribution in [0.25, 0.3) is 0 Å². The molecule has 0 amide bonds. The Morgan fingerprint density at radius 2 is 1.48 bits per heavy atom. The first kappa shape index (κ1) is 16.6. The van der Waals surface area contributed by atoms with E-state index in [0.29, 0.717) is 0 Å². The van der Waals surface area contributed by atoms with E-state index in [1.54, 1.807) is 0 Å². The molecule has 4 rings (SSSR count). The Morgan fingerprint density at radius 3 is 2.20 bits per heavy atom. The predicted molar refractivity (Wildman–Crippen MR) is 112 cm³/mol. The number of hydrogen-bond donors (Lipinski definition) is 1. The van der Waals surface area contributed by atoms with Crippen molar-refractivity contribution in [3.05, 3.63) is 92.9 Å². The van der Waals surface area contributed by atoms with Crippen molar-refractivity contribution in [2.75, 3.05) is 5.32 Å². The Labute approximate surface area is 164 Å². The van der Waals surface area contributed by atoms with E-state index in [-0.39, 0.29) is 6.04 Å². The van der Waals surface area contributed by atoms with Crippen LogP contribution >= 0.6 is 31.9 Å². The summed E-state index contributed by atoms with van der Waals surface area (Å²) in [6.45, 7) is 0. The molecular weight excluding hydrogens is 440 g/mol. The molecule has 0 fully saturated rings. The van der Waals surface area contributed by atoms with Crippen LogP contribution in [0.4, 0.5) is 11.4 Å². The van der Waals surface area contributed by atoms with Crippen molar-refractivity contribution in [3.63, 3.8) is 0 Å². The number of halogens is 2. The SMILES string of the molecule is Brc1cc2c(cc1Br)NC(c1ccccc1)CC(c1ccccc1)=N2. The van der Waals surface area contributed by atoms with Gasteiger partial charge in [-0.05, 0) is 55.1 Å². The van der Waals surface area contributed by atoms with Gasteiger partial charge in [0.15, 0.2) is 0 Å². The fraction of sp³-hybridized carbons (Fsp3) is 0.0952. The Hall–Kier alpha value is -1.91. The quantitative estimate of drug-likeness (QED) is 0.447. The fourth-order valence-electron chi connectivity index (χ4n) is 3.07. The lowest BCUT2D eigenvalue weighted by atomic mass is 9.97. The van der Waals surface area contributed by atoms with Gasteiger partial charge in [-0.2, -0.15) is 0 Å². The lowest BCUT2D eigenvalue weighted by Crippen LogP contribution is -2.14. The number of nitrogens with one attached hydrogen (secondary N) is 1. The van der Waals surface area contributed by atoms with Crippen molar-refractivity contribution >= 4 is 48.9 Å². The van der Waals surface area contributed by atoms with Gasteiger partial charge in [-0.1, -0.05) is 60.7 Å². The number of benzene rings is 3. The van der Waals surface area contributed by atoms with Crippen LogP contribution in [0.2, 0.25) is 0 Å². The van der Waals surface area contributed by atoms with Crippen LogP contribution in [0.3, 0.4) is 0 Å². The molecule has 0 spiro atoms. The predicted octanol–water partition coefficient (Wildman–Crippen LogP) is 6.89. The zero-order valence-electron chi connectivity index (χ0n) is 13.4. The summed E-state index contributed by atoms with van der Waals surface area (Å²) < 4.78 is 2.02. The first-order chi connectivity index (χ1) is 12.2. The highest BCUT2D eigenvalue weighted by Gasteiger charge is 2.21. The summed E-state index contributed by atoms with van der Waals surface area (Å²) in [5.41, 5.74) is 5.51. The molecule has 0 saturated carbocycles. The van der Waals surface area contributed by atoms with E-state index in [0.717, 1.165) is 38.0 Å². The van der Waals surface area contributed by atoms with Crippen molar-refractivity contribution in [1.82, 2.24) is 0 Å². The molecule has 0 bridgehead atoms. The summed E-state index contributed by atoms with van der Waals surface area (Å²) in [6, 6.07) is 25.3. The first-order valence-corrected chi connectivity index (χ1v) is 9.73. The third kappa shape index (κ3) is 3.55. The lowest BCUT2D eigenvalue weighted by molar-refractivity contribution is 0.828. The van der Waals surface area contributed by atoms with E-state index in [1.807, 2.05) is 12.1 Å². The maximum atomic E-state index is 4.99. The van der Waals surface area contributed by atoms with Crippen LogP contribution in [0.1, 0.15) is 23.6 Å². The molecule has 0 saturated heterocycles. The average molecular weight is 456 g/mol. The van der Waals surface area contributed by atoms with Gasteiger partial charge in [0.05, 0.1) is 23.1 Å². The smallest absolute Gasteiger partial charge is 0.0876 e. The van der Waals surface area contributed by atoms with Gasteiger partial charge in [0.2, 0.25) is 0 Å². The molecule has 1 aliphatic rings. The number of aliphatic imine (C=N–C) groups is 1. The summed E-state index contributed by atoms with van der Waals surface area (Å²) >= 11 is 7.19. The third-order valence-corrected chi connectivity index (χ3v) is 6.17. The molecule has 1 unspecified atom stereocenters. The summed E-state index contributed by atoms with van der Waals surface area (Å²) in [5.74, 6) is 0. The van der Waals surface area contributed by atoms with Crippen LogP contribution in [0.5, 0.6) is 0 Å². The largest absolute Gasteiger partial charge is 0.376 e. The second kappa shape index (κ2) is 7.14.